The number of piperazine rings is 1. The van der Waals surface area contributed by atoms with Gasteiger partial charge in [-0.25, -0.2) is 4.79 Å². The van der Waals surface area contributed by atoms with Crippen molar-refractivity contribution in [3.8, 4) is 22.5 Å². The highest BCUT2D eigenvalue weighted by molar-refractivity contribution is 7.13. The minimum atomic E-state index is -0.610. The normalized spacial score (nSPS) is 14.2. The Hall–Kier alpha value is -3.24. The van der Waals surface area contributed by atoms with Crippen molar-refractivity contribution in [1.82, 2.24) is 0 Å². The summed E-state index contributed by atoms with van der Waals surface area (Å²) in [6, 6.07) is 14.8. The van der Waals surface area contributed by atoms with E-state index in [0.29, 0.717) is 37.6 Å². The van der Waals surface area contributed by atoms with Crippen LogP contribution >= 0.6 is 11.3 Å². The van der Waals surface area contributed by atoms with Gasteiger partial charge in [0.15, 0.2) is 11.3 Å². The minimum Gasteiger partial charge on any atom is -0.506 e. The molecule has 4 rings (SSSR count). The Morgan fingerprint density at radius 1 is 1.04 bits per heavy atom. The van der Waals surface area contributed by atoms with Crippen LogP contribution in [0.3, 0.4) is 0 Å². The average Bonchev–Trinajstić information content (AvgIpc) is 3.23. The Kier molecular flexibility index (Phi) is 4.57. The summed E-state index contributed by atoms with van der Waals surface area (Å²) in [7, 11) is 0. The molecule has 3 aromatic rings. The maximum atomic E-state index is 12.3. The van der Waals surface area contributed by atoms with Gasteiger partial charge in [0, 0.05) is 32.2 Å². The van der Waals surface area contributed by atoms with Crippen LogP contribution in [0.25, 0.3) is 10.6 Å². The summed E-state index contributed by atoms with van der Waals surface area (Å²) < 4.78 is 5.34. The number of phenols is 1. The Bertz CT molecular complexity index is 1050. The van der Waals surface area contributed by atoms with Gasteiger partial charge in [-0.15, -0.1) is 11.3 Å². The van der Waals surface area contributed by atoms with E-state index in [2.05, 4.69) is 4.90 Å². The first-order valence-corrected chi connectivity index (χ1v) is 9.45. The Morgan fingerprint density at radius 2 is 1.74 bits per heavy atom. The van der Waals surface area contributed by atoms with Crippen molar-refractivity contribution in [3.05, 3.63) is 63.8 Å². The van der Waals surface area contributed by atoms with E-state index in [4.69, 9.17) is 4.42 Å². The average molecular weight is 379 g/mol. The fourth-order valence-corrected chi connectivity index (χ4v) is 3.97. The molecule has 0 saturated carbocycles. The number of hydrogen-bond donors (Lipinski definition) is 1. The molecule has 1 aliphatic rings. The van der Waals surface area contributed by atoms with E-state index in [1.807, 2.05) is 40.6 Å². The maximum absolute atomic E-state index is 12.3. The number of hydrogen-bond acceptors (Lipinski definition) is 7. The highest BCUT2D eigenvalue weighted by Gasteiger charge is 2.24. The van der Waals surface area contributed by atoms with Crippen LogP contribution in [0.15, 0.2) is 57.1 Å². The Balaban J connectivity index is 1.62. The number of para-hydroxylation sites is 2. The summed E-state index contributed by atoms with van der Waals surface area (Å²) in [6.45, 7) is 2.63. The third-order valence-corrected chi connectivity index (χ3v) is 5.53. The number of nitrogens with zero attached hydrogens (tertiary/aromatic N) is 3. The lowest BCUT2D eigenvalue weighted by Gasteiger charge is -2.37. The van der Waals surface area contributed by atoms with E-state index < -0.39 is 5.63 Å². The van der Waals surface area contributed by atoms with E-state index in [0.717, 1.165) is 10.6 Å². The number of phenolic OH excluding ortho intramolecular Hbond substituents is 1. The van der Waals surface area contributed by atoms with Gasteiger partial charge in [0.05, 0.1) is 16.3 Å². The van der Waals surface area contributed by atoms with E-state index in [-0.39, 0.29) is 11.3 Å². The molecule has 1 saturated heterocycles. The predicted molar refractivity (Wildman–Crippen MR) is 106 cm³/mol. The molecule has 2 aromatic heterocycles. The van der Waals surface area contributed by atoms with Crippen LogP contribution in [0.4, 0.5) is 11.4 Å². The molecule has 1 aliphatic heterocycles. The van der Waals surface area contributed by atoms with Crippen molar-refractivity contribution in [1.29, 1.82) is 5.26 Å². The van der Waals surface area contributed by atoms with Crippen molar-refractivity contribution < 1.29 is 9.52 Å². The molecule has 136 valence electrons. The quantitative estimate of drug-likeness (QED) is 0.752. The van der Waals surface area contributed by atoms with Gasteiger partial charge in [-0.05, 0) is 23.6 Å². The zero-order chi connectivity index (χ0) is 18.8. The zero-order valence-corrected chi connectivity index (χ0v) is 15.3. The smallest absolute Gasteiger partial charge is 0.356 e. The van der Waals surface area contributed by atoms with Crippen molar-refractivity contribution in [2.24, 2.45) is 0 Å². The van der Waals surface area contributed by atoms with Gasteiger partial charge < -0.3 is 19.3 Å². The molecular formula is C20H17N3O3S. The van der Waals surface area contributed by atoms with E-state index in [1.54, 1.807) is 18.2 Å². The number of rotatable bonds is 3. The van der Waals surface area contributed by atoms with Crippen LogP contribution in [0, 0.1) is 11.3 Å². The van der Waals surface area contributed by atoms with Crippen LogP contribution in [0.2, 0.25) is 0 Å². The number of benzene rings is 1. The third-order valence-electron chi connectivity index (χ3n) is 4.65. The fraction of sp³-hybridized carbons (Fsp3) is 0.200. The van der Waals surface area contributed by atoms with Crippen molar-refractivity contribution in [2.75, 3.05) is 36.0 Å². The molecule has 0 bridgehead atoms. The fourth-order valence-electron chi connectivity index (χ4n) is 3.29. The first kappa shape index (κ1) is 17.2. The first-order valence-electron chi connectivity index (χ1n) is 8.57. The van der Waals surface area contributed by atoms with Gasteiger partial charge in [0.1, 0.15) is 11.8 Å². The van der Waals surface area contributed by atoms with Crippen LogP contribution in [-0.4, -0.2) is 31.3 Å². The molecule has 3 heterocycles. The zero-order valence-electron chi connectivity index (χ0n) is 14.5. The molecule has 1 N–H and O–H groups in total. The molecule has 0 atom stereocenters. The van der Waals surface area contributed by atoms with Crippen LogP contribution in [0.5, 0.6) is 5.75 Å². The second-order valence-corrected chi connectivity index (χ2v) is 7.16. The summed E-state index contributed by atoms with van der Waals surface area (Å²) >= 11 is 1.48. The number of aromatic hydroxyl groups is 1. The van der Waals surface area contributed by atoms with Crippen molar-refractivity contribution >= 4 is 22.7 Å². The number of nitriles is 1. The second-order valence-electron chi connectivity index (χ2n) is 6.21. The number of thiophene rings is 1. The molecular weight excluding hydrogens is 362 g/mol. The highest BCUT2D eigenvalue weighted by atomic mass is 32.1. The van der Waals surface area contributed by atoms with E-state index in [9.17, 15) is 15.2 Å². The monoisotopic (exact) mass is 379 g/mol. The molecule has 7 heteroatoms. The summed E-state index contributed by atoms with van der Waals surface area (Å²) in [5, 5.41) is 21.4. The SMILES string of the molecule is N#Cc1c(N2CCN(c3ccccc3O)CC2)cc(-c2cccs2)oc1=O. The second kappa shape index (κ2) is 7.17. The van der Waals surface area contributed by atoms with Gasteiger partial charge in [0.25, 0.3) is 0 Å². The number of anilines is 2. The van der Waals surface area contributed by atoms with Gasteiger partial charge in [-0.1, -0.05) is 18.2 Å². The standard InChI is InChI=1S/C20H17N3O3S/c21-13-14-16(12-18(26-20(14)25)19-6-3-11-27-19)23-9-7-22(8-10-23)15-4-1-2-5-17(15)24/h1-6,11-12,24H,7-10H2. The van der Waals surface area contributed by atoms with Crippen molar-refractivity contribution in [2.45, 2.75) is 0 Å². The summed E-state index contributed by atoms with van der Waals surface area (Å²) in [6.07, 6.45) is 0. The highest BCUT2D eigenvalue weighted by Crippen LogP contribution is 2.31. The van der Waals surface area contributed by atoms with Crippen LogP contribution in [0.1, 0.15) is 5.56 Å². The summed E-state index contributed by atoms with van der Waals surface area (Å²) in [5.41, 5.74) is 0.825. The van der Waals surface area contributed by atoms with Gasteiger partial charge in [0.2, 0.25) is 0 Å². The predicted octanol–water partition coefficient (Wildman–Crippen LogP) is 3.27. The Labute approximate surface area is 160 Å². The molecule has 0 spiro atoms. The van der Waals surface area contributed by atoms with Crippen LogP contribution in [-0.2, 0) is 0 Å². The lowest BCUT2D eigenvalue weighted by molar-refractivity contribution is 0.472. The molecule has 0 unspecified atom stereocenters. The van der Waals surface area contributed by atoms with Gasteiger partial charge >= 0.3 is 5.63 Å². The lowest BCUT2D eigenvalue weighted by atomic mass is 10.1. The van der Waals surface area contributed by atoms with Crippen LogP contribution < -0.4 is 15.4 Å². The van der Waals surface area contributed by atoms with Gasteiger partial charge in [-0.2, -0.15) is 5.26 Å². The largest absolute Gasteiger partial charge is 0.506 e. The van der Waals surface area contributed by atoms with Crippen molar-refractivity contribution in [3.63, 3.8) is 0 Å². The van der Waals surface area contributed by atoms with E-state index >= 15 is 0 Å². The molecule has 1 fully saturated rings. The summed E-state index contributed by atoms with van der Waals surface area (Å²) in [4.78, 5) is 17.3. The topological polar surface area (TPSA) is 80.7 Å². The molecule has 0 amide bonds. The first-order chi connectivity index (χ1) is 13.2. The third kappa shape index (κ3) is 3.27. The summed E-state index contributed by atoms with van der Waals surface area (Å²) in [5.74, 6) is 0.733. The molecule has 6 nitrogen and oxygen atoms in total. The minimum absolute atomic E-state index is 0.0336. The molecule has 0 aliphatic carbocycles. The molecule has 0 radical (unpaired) electrons. The van der Waals surface area contributed by atoms with Gasteiger partial charge in [-0.3, -0.25) is 0 Å². The molecule has 1 aromatic carbocycles. The molecule has 27 heavy (non-hydrogen) atoms. The maximum Gasteiger partial charge on any atom is 0.356 e. The lowest BCUT2D eigenvalue weighted by Crippen LogP contribution is -2.47. The van der Waals surface area contributed by atoms with E-state index in [1.165, 1.54) is 11.3 Å². The Morgan fingerprint density at radius 3 is 2.37 bits per heavy atom.